The normalized spacial score (nSPS) is 10.7. The highest BCUT2D eigenvalue weighted by molar-refractivity contribution is 6.37. The largest absolute Gasteiger partial charge is 0.463 e. The monoisotopic (exact) mass is 272 g/mol. The van der Waals surface area contributed by atoms with E-state index >= 15 is 0 Å². The van der Waals surface area contributed by atoms with Crippen LogP contribution in [0.3, 0.4) is 0 Å². The van der Waals surface area contributed by atoms with Crippen LogP contribution in [-0.4, -0.2) is 24.6 Å². The summed E-state index contributed by atoms with van der Waals surface area (Å²) in [5.74, 6) is -2.82. The number of rotatable bonds is 7. The van der Waals surface area contributed by atoms with E-state index in [-0.39, 0.29) is 6.42 Å². The summed E-state index contributed by atoms with van der Waals surface area (Å²) in [6.45, 7) is 5.79. The summed E-state index contributed by atoms with van der Waals surface area (Å²) in [6.07, 6.45) is 3.79. The van der Waals surface area contributed by atoms with Gasteiger partial charge in [-0.25, -0.2) is 9.18 Å². The Kier molecular flexibility index (Phi) is 13.0. The maximum Gasteiger partial charge on any atom is 0.374 e. The summed E-state index contributed by atoms with van der Waals surface area (Å²) in [5.41, 5.74) is 0. The first-order valence-corrected chi connectivity index (χ1v) is 6.16. The summed E-state index contributed by atoms with van der Waals surface area (Å²) in [4.78, 5) is 32.9. The topological polar surface area (TPSA) is 60.4 Å². The predicted octanol–water partition coefficient (Wildman–Crippen LogP) is 2.92. The third-order valence-electron chi connectivity index (χ3n) is 1.79. The van der Waals surface area contributed by atoms with Gasteiger partial charge in [-0.15, -0.1) is 0 Å². The minimum Gasteiger partial charge on any atom is -0.463 e. The maximum atomic E-state index is 12.8. The van der Waals surface area contributed by atoms with Gasteiger partial charge in [0.2, 0.25) is 5.78 Å². The van der Waals surface area contributed by atoms with Crippen LogP contribution in [0.1, 0.15) is 40.0 Å². The van der Waals surface area contributed by atoms with E-state index in [0.29, 0.717) is 6.42 Å². The zero-order valence-electron chi connectivity index (χ0n) is 11.9. The van der Waals surface area contributed by atoms with Crippen molar-refractivity contribution in [2.24, 2.45) is 0 Å². The lowest BCUT2D eigenvalue weighted by molar-refractivity contribution is -0.152. The molecular weight excluding hydrogens is 251 g/mol. The van der Waals surface area contributed by atoms with Crippen LogP contribution in [0.15, 0.2) is 24.1 Å². The molecule has 0 aliphatic heterocycles. The number of ether oxygens (including phenoxy) is 1. The Hall–Kier alpha value is -1.78. The predicted molar refractivity (Wildman–Crippen MR) is 71.2 cm³/mol. The number of Topliss-reactive ketones (excluding diaryl/α,β-unsaturated/α-hetero) is 2. The molecular formula is C14H21FO4. The molecule has 0 radical (unpaired) electrons. The van der Waals surface area contributed by atoms with E-state index < -0.39 is 29.8 Å². The van der Waals surface area contributed by atoms with Gasteiger partial charge in [0.1, 0.15) is 11.6 Å². The van der Waals surface area contributed by atoms with E-state index in [1.54, 1.807) is 6.92 Å². The third-order valence-corrected chi connectivity index (χ3v) is 1.79. The van der Waals surface area contributed by atoms with Crippen molar-refractivity contribution >= 4 is 17.5 Å². The van der Waals surface area contributed by atoms with E-state index in [0.717, 1.165) is 13.2 Å². The fraction of sp³-hybridized carbons (Fsp3) is 0.500. The van der Waals surface area contributed by atoms with Gasteiger partial charge in [0.15, 0.2) is 0 Å². The molecule has 0 fully saturated rings. The molecule has 19 heavy (non-hydrogen) atoms. The highest BCUT2D eigenvalue weighted by Gasteiger charge is 2.17. The summed E-state index contributed by atoms with van der Waals surface area (Å²) in [6, 6.07) is 0. The molecule has 5 heteroatoms. The van der Waals surface area contributed by atoms with Gasteiger partial charge in [0, 0.05) is 6.42 Å². The molecule has 0 unspecified atom stereocenters. The van der Waals surface area contributed by atoms with Crippen LogP contribution in [0, 0.1) is 0 Å². The summed E-state index contributed by atoms with van der Waals surface area (Å²) >= 11 is 0. The minimum atomic E-state index is -1.04. The van der Waals surface area contributed by atoms with Crippen molar-refractivity contribution in [1.29, 1.82) is 0 Å². The molecule has 0 aromatic rings. The molecule has 0 amide bonds. The lowest BCUT2D eigenvalue weighted by Crippen LogP contribution is -2.18. The Labute approximate surface area is 113 Å². The molecule has 0 saturated carbocycles. The molecule has 0 aliphatic carbocycles. The number of esters is 1. The quantitative estimate of drug-likeness (QED) is 0.309. The van der Waals surface area contributed by atoms with Gasteiger partial charge in [-0.2, -0.15) is 0 Å². The van der Waals surface area contributed by atoms with Crippen LogP contribution in [0.25, 0.3) is 0 Å². The first kappa shape index (κ1) is 19.6. The van der Waals surface area contributed by atoms with Gasteiger partial charge in [-0.3, -0.25) is 9.59 Å². The highest BCUT2D eigenvalue weighted by Crippen LogP contribution is 2.02. The fourth-order valence-electron chi connectivity index (χ4n) is 1.00. The average Bonchev–Trinajstić information content (AvgIpc) is 2.40. The van der Waals surface area contributed by atoms with Crippen molar-refractivity contribution in [3.05, 3.63) is 24.1 Å². The minimum absolute atomic E-state index is 0.0896. The Morgan fingerprint density at radius 1 is 1.21 bits per heavy atom. The van der Waals surface area contributed by atoms with Gasteiger partial charge in [-0.05, 0) is 18.6 Å². The zero-order valence-corrected chi connectivity index (χ0v) is 11.9. The van der Waals surface area contributed by atoms with Gasteiger partial charge in [0.25, 0.3) is 0 Å². The number of hydrogen-bond donors (Lipinski definition) is 0. The molecule has 0 spiro atoms. The molecule has 0 aromatic heterocycles. The Bertz CT molecular complexity index is 356. The molecule has 0 aliphatic rings. The van der Waals surface area contributed by atoms with Crippen LogP contribution in [0.4, 0.5) is 4.39 Å². The second-order valence-electron chi connectivity index (χ2n) is 3.23. The number of methoxy groups -OCH3 is 1. The molecule has 108 valence electrons. The zero-order chi connectivity index (χ0) is 15.3. The summed E-state index contributed by atoms with van der Waals surface area (Å²) < 4.78 is 17.0. The first-order valence-electron chi connectivity index (χ1n) is 6.16. The summed E-state index contributed by atoms with van der Waals surface area (Å²) in [7, 11) is 1.07. The SMILES string of the molecule is CC.CC/C=C(F)\C=C/CC(=O)CC(=O)C(=O)OC. The van der Waals surface area contributed by atoms with Crippen molar-refractivity contribution in [3.63, 3.8) is 0 Å². The number of carbonyl (C=O) groups is 3. The molecule has 0 bridgehead atoms. The maximum absolute atomic E-state index is 12.8. The van der Waals surface area contributed by atoms with Crippen LogP contribution >= 0.6 is 0 Å². The number of carbonyl (C=O) groups excluding carboxylic acids is 3. The number of halogens is 1. The van der Waals surface area contributed by atoms with Gasteiger partial charge in [0.05, 0.1) is 13.5 Å². The second-order valence-corrected chi connectivity index (χ2v) is 3.23. The third kappa shape index (κ3) is 11.1. The van der Waals surface area contributed by atoms with E-state index in [2.05, 4.69) is 4.74 Å². The standard InChI is InChI=1S/C12H15FO4.C2H6/c1-3-5-9(13)6-4-7-10(14)8-11(15)12(16)17-2;1-2/h4-6H,3,7-8H2,1-2H3;1-2H3/b6-4-,9-5+;. The van der Waals surface area contributed by atoms with Crippen LogP contribution in [0.2, 0.25) is 0 Å². The Balaban J connectivity index is 0. The molecule has 0 rings (SSSR count). The highest BCUT2D eigenvalue weighted by atomic mass is 19.1. The van der Waals surface area contributed by atoms with Crippen molar-refractivity contribution in [1.82, 2.24) is 0 Å². The molecule has 0 saturated heterocycles. The van der Waals surface area contributed by atoms with Gasteiger partial charge >= 0.3 is 5.97 Å². The lowest BCUT2D eigenvalue weighted by atomic mass is 10.1. The molecule has 0 N–H and O–H groups in total. The molecule has 4 nitrogen and oxygen atoms in total. The van der Waals surface area contributed by atoms with Crippen molar-refractivity contribution in [2.45, 2.75) is 40.0 Å². The van der Waals surface area contributed by atoms with Crippen LogP contribution < -0.4 is 0 Å². The van der Waals surface area contributed by atoms with Crippen molar-refractivity contribution in [2.75, 3.05) is 7.11 Å². The fourth-order valence-corrected chi connectivity index (χ4v) is 1.00. The second kappa shape index (κ2) is 12.7. The Morgan fingerprint density at radius 3 is 2.26 bits per heavy atom. The number of ketones is 2. The average molecular weight is 272 g/mol. The van der Waals surface area contributed by atoms with E-state index in [9.17, 15) is 18.8 Å². The van der Waals surface area contributed by atoms with Crippen LogP contribution in [0.5, 0.6) is 0 Å². The summed E-state index contributed by atoms with van der Waals surface area (Å²) in [5, 5.41) is 0. The molecule has 0 heterocycles. The van der Waals surface area contributed by atoms with E-state index in [4.69, 9.17) is 0 Å². The lowest BCUT2D eigenvalue weighted by Gasteiger charge is -1.96. The van der Waals surface area contributed by atoms with Crippen molar-refractivity contribution < 1.29 is 23.5 Å². The molecule has 0 aromatic carbocycles. The van der Waals surface area contributed by atoms with E-state index in [1.807, 2.05) is 13.8 Å². The molecule has 0 atom stereocenters. The number of allylic oxidation sites excluding steroid dienone is 4. The van der Waals surface area contributed by atoms with Gasteiger partial charge in [-0.1, -0.05) is 26.8 Å². The first-order chi connectivity index (χ1) is 9.01. The van der Waals surface area contributed by atoms with E-state index in [1.165, 1.54) is 12.2 Å². The Morgan fingerprint density at radius 2 is 1.79 bits per heavy atom. The number of hydrogen-bond acceptors (Lipinski definition) is 4. The smallest absolute Gasteiger partial charge is 0.374 e. The van der Waals surface area contributed by atoms with Crippen LogP contribution in [-0.2, 0) is 19.1 Å². The van der Waals surface area contributed by atoms with Crippen molar-refractivity contribution in [3.8, 4) is 0 Å². The van der Waals surface area contributed by atoms with Gasteiger partial charge < -0.3 is 4.74 Å².